The molecule has 0 saturated carbocycles. The number of benzene rings is 3. The Labute approximate surface area is 135 Å². The molecule has 3 heteroatoms. The van der Waals surface area contributed by atoms with Crippen molar-refractivity contribution in [2.45, 2.75) is 18.9 Å². The quantitative estimate of drug-likeness (QED) is 0.707. The first-order valence-electron chi connectivity index (χ1n) is 7.68. The van der Waals surface area contributed by atoms with Gasteiger partial charge in [-0.3, -0.25) is 4.79 Å². The molecule has 3 rings (SSSR count). The second-order valence-electron chi connectivity index (χ2n) is 5.78. The summed E-state index contributed by atoms with van der Waals surface area (Å²) < 4.78 is 0. The van der Waals surface area contributed by atoms with Crippen LogP contribution in [0.1, 0.15) is 22.3 Å². The van der Waals surface area contributed by atoms with Gasteiger partial charge in [0.15, 0.2) is 5.78 Å². The number of phenolic OH excluding ortho intramolecular Hbond substituents is 1. The molecule has 23 heavy (non-hydrogen) atoms. The number of aromatic hydroxyl groups is 1. The summed E-state index contributed by atoms with van der Waals surface area (Å²) in [6.07, 6.45) is 0.944. The van der Waals surface area contributed by atoms with Crippen molar-refractivity contribution in [1.82, 2.24) is 0 Å². The van der Waals surface area contributed by atoms with Crippen molar-refractivity contribution in [3.05, 3.63) is 77.9 Å². The second-order valence-corrected chi connectivity index (χ2v) is 5.78. The Morgan fingerprint density at radius 3 is 2.43 bits per heavy atom. The minimum atomic E-state index is -0.234. The number of phenols is 1. The topological polar surface area (TPSA) is 63.3 Å². The van der Waals surface area contributed by atoms with Crippen LogP contribution in [-0.2, 0) is 6.42 Å². The molecule has 3 aromatic carbocycles. The Bertz CT molecular complexity index is 819. The number of ketones is 1. The van der Waals surface area contributed by atoms with Crippen molar-refractivity contribution in [2.24, 2.45) is 5.73 Å². The number of carbonyl (C=O) groups excluding carboxylic acids is 1. The molecule has 0 saturated heterocycles. The number of hydrogen-bond acceptors (Lipinski definition) is 3. The molecule has 1 unspecified atom stereocenters. The van der Waals surface area contributed by atoms with Crippen LogP contribution >= 0.6 is 0 Å². The number of carbonyl (C=O) groups is 1. The third-order valence-corrected chi connectivity index (χ3v) is 4.00. The Morgan fingerprint density at radius 1 is 0.957 bits per heavy atom. The predicted octanol–water partition coefficient (Wildman–Crippen LogP) is 3.69. The third-order valence-electron chi connectivity index (χ3n) is 4.00. The zero-order valence-corrected chi connectivity index (χ0v) is 12.8. The number of hydrogen-bond donors (Lipinski definition) is 2. The van der Waals surface area contributed by atoms with Crippen molar-refractivity contribution in [3.8, 4) is 5.75 Å². The summed E-state index contributed by atoms with van der Waals surface area (Å²) >= 11 is 0. The van der Waals surface area contributed by atoms with E-state index in [4.69, 9.17) is 5.73 Å². The summed E-state index contributed by atoms with van der Waals surface area (Å²) in [6.45, 7) is 0. The van der Waals surface area contributed by atoms with Gasteiger partial charge < -0.3 is 10.8 Å². The highest BCUT2D eigenvalue weighted by Crippen LogP contribution is 2.20. The number of Topliss-reactive ketones (excluding diaryl/α,β-unsaturated/α-hetero) is 1. The van der Waals surface area contributed by atoms with E-state index in [2.05, 4.69) is 24.3 Å². The van der Waals surface area contributed by atoms with Crippen LogP contribution in [0.25, 0.3) is 10.8 Å². The molecule has 0 heterocycles. The van der Waals surface area contributed by atoms with E-state index < -0.39 is 0 Å². The summed E-state index contributed by atoms with van der Waals surface area (Å²) in [6, 6.07) is 20.4. The lowest BCUT2D eigenvalue weighted by molar-refractivity contribution is 0.0974. The standard InChI is InChI=1S/C20H19NO2/c21-17(13-20(23)15-8-10-18(22)11-9-15)12-16-6-3-5-14-4-1-2-7-19(14)16/h1-11,17,22H,12-13,21H2. The van der Waals surface area contributed by atoms with Crippen molar-refractivity contribution in [2.75, 3.05) is 0 Å². The van der Waals surface area contributed by atoms with Gasteiger partial charge in [0, 0.05) is 18.0 Å². The number of fused-ring (bicyclic) bond motifs is 1. The molecule has 0 amide bonds. The molecule has 1 atom stereocenters. The van der Waals surface area contributed by atoms with Gasteiger partial charge in [0.05, 0.1) is 0 Å². The van der Waals surface area contributed by atoms with Crippen LogP contribution < -0.4 is 5.73 Å². The van der Waals surface area contributed by atoms with E-state index in [-0.39, 0.29) is 24.0 Å². The average Bonchev–Trinajstić information content (AvgIpc) is 2.55. The summed E-state index contributed by atoms with van der Waals surface area (Å²) in [5.74, 6) is 0.152. The second kappa shape index (κ2) is 6.63. The molecule has 0 fully saturated rings. The van der Waals surface area contributed by atoms with Crippen molar-refractivity contribution < 1.29 is 9.90 Å². The van der Waals surface area contributed by atoms with Crippen molar-refractivity contribution in [3.63, 3.8) is 0 Å². The van der Waals surface area contributed by atoms with E-state index >= 15 is 0 Å². The molecule has 3 N–H and O–H groups in total. The maximum absolute atomic E-state index is 12.3. The summed E-state index contributed by atoms with van der Waals surface area (Å²) in [5.41, 5.74) is 7.94. The fourth-order valence-electron chi connectivity index (χ4n) is 2.83. The van der Waals surface area contributed by atoms with Crippen LogP contribution in [0.2, 0.25) is 0 Å². The van der Waals surface area contributed by atoms with Gasteiger partial charge in [-0.25, -0.2) is 0 Å². The van der Waals surface area contributed by atoms with E-state index in [0.717, 1.165) is 5.56 Å². The maximum Gasteiger partial charge on any atom is 0.164 e. The lowest BCUT2D eigenvalue weighted by Crippen LogP contribution is -2.26. The van der Waals surface area contributed by atoms with Crippen LogP contribution in [0, 0.1) is 0 Å². The van der Waals surface area contributed by atoms with Crippen LogP contribution in [0.15, 0.2) is 66.7 Å². The van der Waals surface area contributed by atoms with Crippen LogP contribution in [0.3, 0.4) is 0 Å². The average molecular weight is 305 g/mol. The predicted molar refractivity (Wildman–Crippen MR) is 92.7 cm³/mol. The highest BCUT2D eigenvalue weighted by Gasteiger charge is 2.13. The first-order valence-corrected chi connectivity index (χ1v) is 7.68. The highest BCUT2D eigenvalue weighted by molar-refractivity contribution is 5.96. The molecule has 0 aliphatic rings. The fraction of sp³-hybridized carbons (Fsp3) is 0.150. The SMILES string of the molecule is NC(CC(=O)c1ccc(O)cc1)Cc1cccc2ccccc12. The van der Waals surface area contributed by atoms with Crippen LogP contribution in [-0.4, -0.2) is 16.9 Å². The van der Waals surface area contributed by atoms with Gasteiger partial charge >= 0.3 is 0 Å². The Balaban J connectivity index is 1.72. The van der Waals surface area contributed by atoms with Gasteiger partial charge in [0.1, 0.15) is 5.75 Å². The van der Waals surface area contributed by atoms with Crippen molar-refractivity contribution in [1.29, 1.82) is 0 Å². The molecule has 0 aromatic heterocycles. The zero-order chi connectivity index (χ0) is 16.2. The lowest BCUT2D eigenvalue weighted by Gasteiger charge is -2.13. The molecular weight excluding hydrogens is 286 g/mol. The number of rotatable bonds is 5. The molecule has 0 bridgehead atoms. The van der Waals surface area contributed by atoms with Gasteiger partial charge in [0.25, 0.3) is 0 Å². The Hall–Kier alpha value is -2.65. The fourth-order valence-corrected chi connectivity index (χ4v) is 2.83. The minimum Gasteiger partial charge on any atom is -0.508 e. The molecule has 116 valence electrons. The summed E-state index contributed by atoms with van der Waals surface area (Å²) in [7, 11) is 0. The molecule has 0 aliphatic carbocycles. The molecule has 3 aromatic rings. The zero-order valence-electron chi connectivity index (χ0n) is 12.8. The maximum atomic E-state index is 12.3. The van der Waals surface area contributed by atoms with Crippen molar-refractivity contribution >= 4 is 16.6 Å². The minimum absolute atomic E-state index is 0.00210. The van der Waals surface area contributed by atoms with E-state index in [1.807, 2.05) is 18.2 Å². The normalized spacial score (nSPS) is 12.2. The van der Waals surface area contributed by atoms with Crippen LogP contribution in [0.4, 0.5) is 0 Å². The summed E-state index contributed by atoms with van der Waals surface area (Å²) in [4.78, 5) is 12.3. The van der Waals surface area contributed by atoms with Gasteiger partial charge in [-0.1, -0.05) is 42.5 Å². The van der Waals surface area contributed by atoms with Crippen LogP contribution in [0.5, 0.6) is 5.75 Å². The van der Waals surface area contributed by atoms with E-state index in [9.17, 15) is 9.90 Å². The largest absolute Gasteiger partial charge is 0.508 e. The lowest BCUT2D eigenvalue weighted by atomic mass is 9.95. The highest BCUT2D eigenvalue weighted by atomic mass is 16.3. The monoisotopic (exact) mass is 305 g/mol. The molecule has 0 spiro atoms. The van der Waals surface area contributed by atoms with E-state index in [1.54, 1.807) is 12.1 Å². The molecule has 0 aliphatic heterocycles. The Kier molecular flexibility index (Phi) is 4.40. The molecule has 0 radical (unpaired) electrons. The van der Waals surface area contributed by atoms with Gasteiger partial charge in [-0.2, -0.15) is 0 Å². The van der Waals surface area contributed by atoms with Gasteiger partial charge in [-0.05, 0) is 47.0 Å². The Morgan fingerprint density at radius 2 is 1.65 bits per heavy atom. The number of nitrogens with two attached hydrogens (primary N) is 1. The van der Waals surface area contributed by atoms with E-state index in [0.29, 0.717) is 12.0 Å². The van der Waals surface area contributed by atoms with E-state index in [1.165, 1.54) is 22.9 Å². The summed E-state index contributed by atoms with van der Waals surface area (Å²) in [5, 5.41) is 11.6. The molecular formula is C20H19NO2. The van der Waals surface area contributed by atoms with Gasteiger partial charge in [0.2, 0.25) is 0 Å². The van der Waals surface area contributed by atoms with Gasteiger partial charge in [-0.15, -0.1) is 0 Å². The first kappa shape index (κ1) is 15.3. The molecule has 3 nitrogen and oxygen atoms in total. The first-order chi connectivity index (χ1) is 11.1. The third kappa shape index (κ3) is 3.58. The smallest absolute Gasteiger partial charge is 0.164 e.